The van der Waals surface area contributed by atoms with E-state index < -0.39 is 0 Å². The first-order valence-corrected chi connectivity index (χ1v) is 7.88. The first-order chi connectivity index (χ1) is 12.2. The van der Waals surface area contributed by atoms with Crippen molar-refractivity contribution in [1.82, 2.24) is 24.5 Å². The van der Waals surface area contributed by atoms with Crippen molar-refractivity contribution in [3.63, 3.8) is 0 Å². The van der Waals surface area contributed by atoms with Gasteiger partial charge < -0.3 is 10.7 Å². The summed E-state index contributed by atoms with van der Waals surface area (Å²) in [6, 6.07) is 13.6. The first kappa shape index (κ1) is 15.1. The van der Waals surface area contributed by atoms with E-state index in [-0.39, 0.29) is 11.5 Å². The number of H-pyrrole nitrogens is 1. The quantitative estimate of drug-likeness (QED) is 0.592. The zero-order valence-corrected chi connectivity index (χ0v) is 13.4. The van der Waals surface area contributed by atoms with Gasteiger partial charge >= 0.3 is 5.69 Å². The minimum absolute atomic E-state index is 0.251. The molecule has 0 radical (unpaired) electrons. The van der Waals surface area contributed by atoms with Crippen LogP contribution in [0.2, 0.25) is 0 Å². The van der Waals surface area contributed by atoms with Crippen molar-refractivity contribution in [2.75, 3.05) is 5.73 Å². The minimum atomic E-state index is -0.251. The Bertz CT molecular complexity index is 1070. The van der Waals surface area contributed by atoms with Gasteiger partial charge in [0.2, 0.25) is 0 Å². The van der Waals surface area contributed by atoms with Crippen molar-refractivity contribution >= 4 is 17.0 Å². The van der Waals surface area contributed by atoms with Gasteiger partial charge in [0.25, 0.3) is 0 Å². The second kappa shape index (κ2) is 6.20. The lowest BCUT2D eigenvalue weighted by Crippen LogP contribution is -2.17. The number of nitrogen functional groups attached to an aromatic ring is 1. The van der Waals surface area contributed by atoms with Gasteiger partial charge in [-0.2, -0.15) is 0 Å². The molecule has 4 aromatic rings. The summed E-state index contributed by atoms with van der Waals surface area (Å²) in [5, 5.41) is 0. The average molecular weight is 332 g/mol. The maximum absolute atomic E-state index is 12.3. The Morgan fingerprint density at radius 1 is 1.04 bits per heavy atom. The molecule has 0 fully saturated rings. The number of aromatic nitrogens is 5. The Kier molecular flexibility index (Phi) is 3.74. The molecule has 0 spiro atoms. The molecule has 4 rings (SSSR count). The minimum Gasteiger partial charge on any atom is -0.382 e. The first-order valence-electron chi connectivity index (χ1n) is 7.88. The van der Waals surface area contributed by atoms with Crippen LogP contribution in [-0.4, -0.2) is 24.5 Å². The number of nitrogens with one attached hydrogen (secondary N) is 1. The maximum atomic E-state index is 12.3. The summed E-state index contributed by atoms with van der Waals surface area (Å²) in [4.78, 5) is 28.1. The second-order valence-corrected chi connectivity index (χ2v) is 5.76. The summed E-state index contributed by atoms with van der Waals surface area (Å²) in [7, 11) is 0. The molecule has 25 heavy (non-hydrogen) atoms. The number of nitrogens with two attached hydrogens (primary N) is 1. The molecule has 3 N–H and O–H groups in total. The fourth-order valence-corrected chi connectivity index (χ4v) is 2.78. The third-order valence-electron chi connectivity index (χ3n) is 3.97. The van der Waals surface area contributed by atoms with Crippen LogP contribution in [0.3, 0.4) is 0 Å². The molecule has 1 aromatic carbocycles. The van der Waals surface area contributed by atoms with Gasteiger partial charge in [-0.25, -0.2) is 14.8 Å². The molecule has 0 atom stereocenters. The van der Waals surface area contributed by atoms with Crippen LogP contribution < -0.4 is 11.4 Å². The number of aromatic amines is 1. The molecule has 3 heterocycles. The average Bonchev–Trinajstić information content (AvgIpc) is 2.94. The summed E-state index contributed by atoms with van der Waals surface area (Å²) in [5.74, 6) is 0.826. The zero-order valence-electron chi connectivity index (χ0n) is 13.4. The topological polar surface area (TPSA) is 102 Å². The number of imidazole rings is 1. The molecule has 3 aromatic heterocycles. The highest BCUT2D eigenvalue weighted by Crippen LogP contribution is 2.16. The number of hydrogen-bond donors (Lipinski definition) is 2. The molecular weight excluding hydrogens is 316 g/mol. The van der Waals surface area contributed by atoms with E-state index >= 15 is 0 Å². The zero-order chi connectivity index (χ0) is 17.2. The SMILES string of the molecule is Nc1nc(Cc2cccnc2)nc2c1[nH]c(=O)n2Cc1ccccc1. The van der Waals surface area contributed by atoms with E-state index in [0.717, 1.165) is 11.1 Å². The van der Waals surface area contributed by atoms with Gasteiger partial charge in [-0.05, 0) is 17.2 Å². The monoisotopic (exact) mass is 332 g/mol. The molecule has 0 aliphatic heterocycles. The highest BCUT2D eigenvalue weighted by molar-refractivity contribution is 5.81. The van der Waals surface area contributed by atoms with Gasteiger partial charge in [0.05, 0.1) is 6.54 Å². The van der Waals surface area contributed by atoms with Gasteiger partial charge in [0, 0.05) is 18.8 Å². The summed E-state index contributed by atoms with van der Waals surface area (Å²) < 4.78 is 1.58. The van der Waals surface area contributed by atoms with Crippen molar-refractivity contribution in [2.45, 2.75) is 13.0 Å². The Hall–Kier alpha value is -3.48. The Morgan fingerprint density at radius 2 is 1.84 bits per heavy atom. The predicted octanol–water partition coefficient (Wildman–Crippen LogP) is 1.74. The summed E-state index contributed by atoms with van der Waals surface area (Å²) in [6.45, 7) is 0.419. The lowest BCUT2D eigenvalue weighted by Gasteiger charge is -2.06. The van der Waals surface area contributed by atoms with Crippen molar-refractivity contribution < 1.29 is 0 Å². The van der Waals surface area contributed by atoms with E-state index in [1.807, 2.05) is 42.5 Å². The number of anilines is 1. The number of pyridine rings is 1. The van der Waals surface area contributed by atoms with Crippen LogP contribution in [0.25, 0.3) is 11.2 Å². The lowest BCUT2D eigenvalue weighted by molar-refractivity contribution is 0.774. The second-order valence-electron chi connectivity index (χ2n) is 5.76. The van der Waals surface area contributed by atoms with Crippen molar-refractivity contribution in [3.8, 4) is 0 Å². The Balaban J connectivity index is 1.78. The summed E-state index contributed by atoms with van der Waals surface area (Å²) in [5.41, 5.74) is 8.76. The van der Waals surface area contributed by atoms with Crippen LogP contribution in [-0.2, 0) is 13.0 Å². The van der Waals surface area contributed by atoms with Gasteiger partial charge in [-0.1, -0.05) is 36.4 Å². The largest absolute Gasteiger partial charge is 0.382 e. The normalized spacial score (nSPS) is 11.0. The molecule has 0 amide bonds. The van der Waals surface area contributed by atoms with Gasteiger partial charge in [-0.15, -0.1) is 0 Å². The van der Waals surface area contributed by atoms with Crippen LogP contribution >= 0.6 is 0 Å². The highest BCUT2D eigenvalue weighted by atomic mass is 16.1. The Morgan fingerprint density at radius 3 is 2.60 bits per heavy atom. The summed E-state index contributed by atoms with van der Waals surface area (Å²) in [6.07, 6.45) is 3.97. The standard InChI is InChI=1S/C18H16N6O/c19-16-15-17(22-14(21-16)9-13-7-4-8-20-10-13)24(18(25)23-15)11-12-5-2-1-3-6-12/h1-8,10H,9,11H2,(H,23,25)(H2,19,21,22). The van der Waals surface area contributed by atoms with E-state index in [0.29, 0.717) is 30.0 Å². The van der Waals surface area contributed by atoms with E-state index in [1.165, 1.54) is 0 Å². The molecule has 7 heteroatoms. The number of benzene rings is 1. The molecule has 0 aliphatic carbocycles. The Labute approximate surface area is 143 Å². The molecule has 0 saturated heterocycles. The molecule has 124 valence electrons. The van der Waals surface area contributed by atoms with Gasteiger partial charge in [0.1, 0.15) is 11.3 Å². The number of nitrogens with zero attached hydrogens (tertiary/aromatic N) is 4. The molecule has 0 aliphatic rings. The third-order valence-corrected chi connectivity index (χ3v) is 3.97. The number of hydrogen-bond acceptors (Lipinski definition) is 5. The lowest BCUT2D eigenvalue weighted by atomic mass is 10.2. The fraction of sp³-hybridized carbons (Fsp3) is 0.111. The summed E-state index contributed by atoms with van der Waals surface area (Å²) >= 11 is 0. The van der Waals surface area contributed by atoms with E-state index in [1.54, 1.807) is 17.0 Å². The van der Waals surface area contributed by atoms with Crippen molar-refractivity contribution in [1.29, 1.82) is 0 Å². The van der Waals surface area contributed by atoms with Crippen LogP contribution in [0.1, 0.15) is 17.0 Å². The van der Waals surface area contributed by atoms with Crippen LogP contribution in [0, 0.1) is 0 Å². The fourth-order valence-electron chi connectivity index (χ4n) is 2.78. The molecule has 0 unspecified atom stereocenters. The molecule has 0 bridgehead atoms. The maximum Gasteiger partial charge on any atom is 0.328 e. The molecular formula is C18H16N6O. The van der Waals surface area contributed by atoms with E-state index in [9.17, 15) is 4.79 Å². The third kappa shape index (κ3) is 2.99. The predicted molar refractivity (Wildman–Crippen MR) is 95.1 cm³/mol. The van der Waals surface area contributed by atoms with Crippen molar-refractivity contribution in [3.05, 3.63) is 82.3 Å². The van der Waals surface area contributed by atoms with Gasteiger partial charge in [0.15, 0.2) is 11.5 Å². The van der Waals surface area contributed by atoms with E-state index in [4.69, 9.17) is 5.73 Å². The van der Waals surface area contributed by atoms with Crippen LogP contribution in [0.15, 0.2) is 59.7 Å². The molecule has 7 nitrogen and oxygen atoms in total. The van der Waals surface area contributed by atoms with Crippen LogP contribution in [0.4, 0.5) is 5.82 Å². The smallest absolute Gasteiger partial charge is 0.328 e. The van der Waals surface area contributed by atoms with Gasteiger partial charge in [-0.3, -0.25) is 9.55 Å². The van der Waals surface area contributed by atoms with Crippen LogP contribution in [0.5, 0.6) is 0 Å². The number of rotatable bonds is 4. The number of fused-ring (bicyclic) bond motifs is 1. The van der Waals surface area contributed by atoms with Crippen molar-refractivity contribution in [2.24, 2.45) is 0 Å². The van der Waals surface area contributed by atoms with E-state index in [2.05, 4.69) is 19.9 Å². The highest BCUT2D eigenvalue weighted by Gasteiger charge is 2.14. The molecule has 0 saturated carbocycles.